The molecule has 3 aromatic rings. The van der Waals surface area contributed by atoms with Gasteiger partial charge < -0.3 is 10.1 Å². The highest BCUT2D eigenvalue weighted by molar-refractivity contribution is 6.33. The molecule has 0 bridgehead atoms. The Morgan fingerprint density at radius 1 is 1.00 bits per heavy atom. The minimum absolute atomic E-state index is 0.108. The predicted molar refractivity (Wildman–Crippen MR) is 117 cm³/mol. The highest BCUT2D eigenvalue weighted by Gasteiger charge is 2.12. The van der Waals surface area contributed by atoms with E-state index in [1.807, 2.05) is 0 Å². The molecule has 0 fully saturated rings. The normalized spacial score (nSPS) is 10.6. The lowest BCUT2D eigenvalue weighted by Gasteiger charge is -2.06. The third kappa shape index (κ3) is 6.48. The number of esters is 1. The maximum absolute atomic E-state index is 13.1. The van der Waals surface area contributed by atoms with Gasteiger partial charge in [0.2, 0.25) is 0 Å². The molecule has 2 N–H and O–H groups in total. The van der Waals surface area contributed by atoms with Gasteiger partial charge in [-0.1, -0.05) is 29.8 Å². The molecule has 9 heteroatoms. The Balaban J connectivity index is 1.46. The molecule has 0 aliphatic carbocycles. The molecule has 0 radical (unpaired) electrons. The van der Waals surface area contributed by atoms with E-state index in [2.05, 4.69) is 15.8 Å². The van der Waals surface area contributed by atoms with Gasteiger partial charge in [0, 0.05) is 5.56 Å². The van der Waals surface area contributed by atoms with Gasteiger partial charge in [0.15, 0.2) is 0 Å². The van der Waals surface area contributed by atoms with Crippen molar-refractivity contribution in [3.8, 4) is 5.75 Å². The number of halogens is 2. The maximum atomic E-state index is 13.1. The van der Waals surface area contributed by atoms with E-state index in [0.29, 0.717) is 16.3 Å². The molecule has 162 valence electrons. The highest BCUT2D eigenvalue weighted by atomic mass is 35.5. The molecule has 32 heavy (non-hydrogen) atoms. The summed E-state index contributed by atoms with van der Waals surface area (Å²) in [7, 11) is 0. The lowest BCUT2D eigenvalue weighted by Crippen LogP contribution is -2.34. The van der Waals surface area contributed by atoms with Gasteiger partial charge in [-0.05, 0) is 60.2 Å². The van der Waals surface area contributed by atoms with Crippen molar-refractivity contribution in [1.82, 2.24) is 10.7 Å². The molecule has 2 amide bonds. The molecule has 3 rings (SSSR count). The molecule has 7 nitrogen and oxygen atoms in total. The summed E-state index contributed by atoms with van der Waals surface area (Å²) < 4.78 is 18.4. The van der Waals surface area contributed by atoms with Gasteiger partial charge in [0.1, 0.15) is 11.6 Å². The Hall–Kier alpha value is -4.04. The average molecular weight is 454 g/mol. The molecule has 0 saturated carbocycles. The molecular formula is C23H17ClFN3O4. The summed E-state index contributed by atoms with van der Waals surface area (Å²) in [4.78, 5) is 35.8. The second-order valence-electron chi connectivity index (χ2n) is 6.42. The van der Waals surface area contributed by atoms with Gasteiger partial charge in [-0.3, -0.25) is 9.59 Å². The van der Waals surface area contributed by atoms with Crippen molar-refractivity contribution in [2.45, 2.75) is 0 Å². The smallest absolute Gasteiger partial charge is 0.345 e. The van der Waals surface area contributed by atoms with Gasteiger partial charge in [-0.2, -0.15) is 5.10 Å². The number of hydrogen-bond donors (Lipinski definition) is 2. The molecular weight excluding hydrogens is 437 g/mol. The minimum atomic E-state index is -0.579. The standard InChI is InChI=1S/C23H17ClFN3O4/c24-20-7-2-1-6-19(20)23(31)32-18-10-8-15(9-11-18)13-27-28-21(29)14-26-22(30)16-4-3-5-17(25)12-16/h1-13H,14H2,(H,26,30)(H,28,29)/b27-13-. The van der Waals surface area contributed by atoms with E-state index in [0.717, 1.165) is 6.07 Å². The fourth-order valence-corrected chi connectivity index (χ4v) is 2.73. The van der Waals surface area contributed by atoms with Crippen LogP contribution in [-0.2, 0) is 4.79 Å². The number of hydrazone groups is 1. The van der Waals surface area contributed by atoms with Gasteiger partial charge in [-0.25, -0.2) is 14.6 Å². The second kappa shape index (κ2) is 10.8. The van der Waals surface area contributed by atoms with Crippen molar-refractivity contribution >= 4 is 35.6 Å². The van der Waals surface area contributed by atoms with Crippen LogP contribution in [0.5, 0.6) is 5.75 Å². The zero-order valence-corrected chi connectivity index (χ0v) is 17.3. The fraction of sp³-hybridized carbons (Fsp3) is 0.0435. The summed E-state index contributed by atoms with van der Waals surface area (Å²) in [6.45, 7) is -0.330. The van der Waals surface area contributed by atoms with E-state index in [-0.39, 0.29) is 17.7 Å². The first kappa shape index (κ1) is 22.6. The molecule has 0 saturated heterocycles. The summed E-state index contributed by atoms with van der Waals surface area (Å²) in [6.07, 6.45) is 1.38. The monoisotopic (exact) mass is 453 g/mol. The van der Waals surface area contributed by atoms with E-state index in [4.69, 9.17) is 16.3 Å². The average Bonchev–Trinajstić information content (AvgIpc) is 2.79. The van der Waals surface area contributed by atoms with Crippen molar-refractivity contribution in [2.75, 3.05) is 6.54 Å². The number of nitrogens with one attached hydrogen (secondary N) is 2. The third-order valence-corrected chi connectivity index (χ3v) is 4.41. The van der Waals surface area contributed by atoms with Crippen LogP contribution in [0.15, 0.2) is 77.9 Å². The van der Waals surface area contributed by atoms with Crippen LogP contribution in [-0.4, -0.2) is 30.5 Å². The largest absolute Gasteiger partial charge is 0.423 e. The highest BCUT2D eigenvalue weighted by Crippen LogP contribution is 2.18. The number of carbonyl (C=O) groups is 3. The zero-order chi connectivity index (χ0) is 22.9. The van der Waals surface area contributed by atoms with Gasteiger partial charge >= 0.3 is 5.97 Å². The van der Waals surface area contributed by atoms with Crippen LogP contribution < -0.4 is 15.5 Å². The van der Waals surface area contributed by atoms with E-state index in [1.165, 1.54) is 24.4 Å². The SMILES string of the molecule is O=C(CNC(=O)c1cccc(F)c1)N/N=C\c1ccc(OC(=O)c2ccccc2Cl)cc1. The van der Waals surface area contributed by atoms with Gasteiger partial charge in [0.05, 0.1) is 23.3 Å². The van der Waals surface area contributed by atoms with E-state index >= 15 is 0 Å². The predicted octanol–water partition coefficient (Wildman–Crippen LogP) is 3.58. The van der Waals surface area contributed by atoms with Crippen LogP contribution in [0, 0.1) is 5.82 Å². The van der Waals surface area contributed by atoms with E-state index in [1.54, 1.807) is 48.5 Å². The molecule has 0 heterocycles. The van der Waals surface area contributed by atoms with Gasteiger partial charge in [0.25, 0.3) is 11.8 Å². The van der Waals surface area contributed by atoms with Crippen molar-refractivity contribution in [1.29, 1.82) is 0 Å². The molecule has 0 aliphatic rings. The summed E-state index contributed by atoms with van der Waals surface area (Å²) in [5.41, 5.74) is 3.26. The minimum Gasteiger partial charge on any atom is -0.423 e. The zero-order valence-electron chi connectivity index (χ0n) is 16.5. The van der Waals surface area contributed by atoms with Crippen LogP contribution in [0.25, 0.3) is 0 Å². The van der Waals surface area contributed by atoms with Crippen molar-refractivity contribution in [3.05, 3.63) is 100 Å². The van der Waals surface area contributed by atoms with Gasteiger partial charge in [-0.15, -0.1) is 0 Å². The number of nitrogens with zero attached hydrogens (tertiary/aromatic N) is 1. The number of hydrogen-bond acceptors (Lipinski definition) is 5. The van der Waals surface area contributed by atoms with Crippen LogP contribution in [0.4, 0.5) is 4.39 Å². The lowest BCUT2D eigenvalue weighted by atomic mass is 10.2. The third-order valence-electron chi connectivity index (χ3n) is 4.08. The number of ether oxygens (including phenoxy) is 1. The lowest BCUT2D eigenvalue weighted by molar-refractivity contribution is -0.120. The molecule has 0 aliphatic heterocycles. The number of rotatable bonds is 7. The molecule has 0 atom stereocenters. The van der Waals surface area contributed by atoms with Crippen LogP contribution in [0.3, 0.4) is 0 Å². The van der Waals surface area contributed by atoms with E-state index < -0.39 is 23.6 Å². The Labute approximate surface area is 187 Å². The summed E-state index contributed by atoms with van der Waals surface area (Å²) in [6, 6.07) is 18.1. The van der Waals surface area contributed by atoms with Crippen LogP contribution >= 0.6 is 11.6 Å². The Morgan fingerprint density at radius 2 is 1.75 bits per heavy atom. The first-order chi connectivity index (χ1) is 15.4. The van der Waals surface area contributed by atoms with Crippen LogP contribution in [0.2, 0.25) is 5.02 Å². The molecule has 0 spiro atoms. The van der Waals surface area contributed by atoms with Crippen molar-refractivity contribution < 1.29 is 23.5 Å². The maximum Gasteiger partial charge on any atom is 0.345 e. The Bertz CT molecular complexity index is 1170. The molecule has 3 aromatic carbocycles. The second-order valence-corrected chi connectivity index (χ2v) is 6.83. The molecule has 0 aromatic heterocycles. The number of carbonyl (C=O) groups excluding carboxylic acids is 3. The van der Waals surface area contributed by atoms with Crippen LogP contribution in [0.1, 0.15) is 26.3 Å². The topological polar surface area (TPSA) is 96.9 Å². The van der Waals surface area contributed by atoms with E-state index in [9.17, 15) is 18.8 Å². The Kier molecular flexibility index (Phi) is 7.66. The number of benzene rings is 3. The summed E-state index contributed by atoms with van der Waals surface area (Å²) >= 11 is 5.98. The van der Waals surface area contributed by atoms with Crippen molar-refractivity contribution in [3.63, 3.8) is 0 Å². The molecule has 0 unspecified atom stereocenters. The Morgan fingerprint density at radius 3 is 2.47 bits per heavy atom. The fourth-order valence-electron chi connectivity index (χ4n) is 2.52. The summed E-state index contributed by atoms with van der Waals surface area (Å²) in [5.74, 6) is -1.95. The number of amides is 2. The quantitative estimate of drug-likeness (QED) is 0.247. The van der Waals surface area contributed by atoms with Crippen molar-refractivity contribution in [2.24, 2.45) is 5.10 Å². The summed E-state index contributed by atoms with van der Waals surface area (Å²) in [5, 5.41) is 6.46. The first-order valence-electron chi connectivity index (χ1n) is 9.35. The first-order valence-corrected chi connectivity index (χ1v) is 9.72.